The molecule has 17 heavy (non-hydrogen) atoms. The predicted molar refractivity (Wildman–Crippen MR) is 68.0 cm³/mol. The summed E-state index contributed by atoms with van der Waals surface area (Å²) in [4.78, 5) is 4.12. The Morgan fingerprint density at radius 1 is 1.65 bits per heavy atom. The quantitative estimate of drug-likeness (QED) is 0.302. The Kier molecular flexibility index (Phi) is 5.42. The maximum atomic E-state index is 8.68. The van der Waals surface area contributed by atoms with E-state index in [0.717, 1.165) is 18.4 Å². The van der Waals surface area contributed by atoms with E-state index in [2.05, 4.69) is 29.3 Å². The molecular weight excluding hydrogens is 216 g/mol. The van der Waals surface area contributed by atoms with Crippen molar-refractivity contribution < 1.29 is 5.21 Å². The standard InChI is InChI=1S/C12H20N4O/c1-3-5-9(2)15-8-10-6-4-7-14-11(10)12(13)16-17/h4,6-7,9,15,17H,3,5,8H2,1-2H3,(H2,13,16). The molecule has 1 heterocycles. The maximum Gasteiger partial charge on any atom is 0.189 e. The lowest BCUT2D eigenvalue weighted by atomic mass is 10.1. The summed E-state index contributed by atoms with van der Waals surface area (Å²) in [5.41, 5.74) is 7.04. The van der Waals surface area contributed by atoms with Crippen molar-refractivity contribution in [3.8, 4) is 0 Å². The van der Waals surface area contributed by atoms with Crippen LogP contribution < -0.4 is 11.1 Å². The van der Waals surface area contributed by atoms with Crippen molar-refractivity contribution >= 4 is 5.84 Å². The third-order valence-electron chi connectivity index (χ3n) is 2.60. The number of nitrogens with one attached hydrogen (secondary N) is 1. The molecule has 0 aliphatic carbocycles. The molecule has 1 unspecified atom stereocenters. The number of oxime groups is 1. The summed E-state index contributed by atoms with van der Waals surface area (Å²) < 4.78 is 0. The van der Waals surface area contributed by atoms with Crippen LogP contribution in [0.5, 0.6) is 0 Å². The molecule has 5 heteroatoms. The second-order valence-corrected chi connectivity index (χ2v) is 4.07. The third-order valence-corrected chi connectivity index (χ3v) is 2.60. The first-order chi connectivity index (χ1) is 8.19. The zero-order chi connectivity index (χ0) is 12.7. The number of hydrogen-bond acceptors (Lipinski definition) is 4. The van der Waals surface area contributed by atoms with E-state index in [0.29, 0.717) is 18.3 Å². The van der Waals surface area contributed by atoms with Crippen molar-refractivity contribution in [3.05, 3.63) is 29.6 Å². The Balaban J connectivity index is 2.71. The number of rotatable bonds is 6. The first kappa shape index (κ1) is 13.4. The van der Waals surface area contributed by atoms with Crippen molar-refractivity contribution in [2.24, 2.45) is 10.9 Å². The Morgan fingerprint density at radius 2 is 2.41 bits per heavy atom. The minimum absolute atomic E-state index is 0.0468. The maximum absolute atomic E-state index is 8.68. The van der Waals surface area contributed by atoms with E-state index in [1.165, 1.54) is 0 Å². The van der Waals surface area contributed by atoms with Crippen molar-refractivity contribution in [1.82, 2.24) is 10.3 Å². The largest absolute Gasteiger partial charge is 0.409 e. The molecule has 94 valence electrons. The zero-order valence-electron chi connectivity index (χ0n) is 10.3. The molecule has 5 nitrogen and oxygen atoms in total. The highest BCUT2D eigenvalue weighted by Gasteiger charge is 2.08. The fourth-order valence-electron chi connectivity index (χ4n) is 1.68. The average Bonchev–Trinajstić information content (AvgIpc) is 2.36. The van der Waals surface area contributed by atoms with Gasteiger partial charge in [0.25, 0.3) is 0 Å². The van der Waals surface area contributed by atoms with Crippen molar-refractivity contribution in [2.45, 2.75) is 39.3 Å². The zero-order valence-corrected chi connectivity index (χ0v) is 10.3. The molecule has 0 aromatic carbocycles. The Hall–Kier alpha value is -1.62. The van der Waals surface area contributed by atoms with Crippen LogP contribution in [0.2, 0.25) is 0 Å². The summed E-state index contributed by atoms with van der Waals surface area (Å²) >= 11 is 0. The van der Waals surface area contributed by atoms with Crippen LogP contribution in [0.3, 0.4) is 0 Å². The van der Waals surface area contributed by atoms with Crippen molar-refractivity contribution in [3.63, 3.8) is 0 Å². The summed E-state index contributed by atoms with van der Waals surface area (Å²) in [6.07, 6.45) is 3.90. The van der Waals surface area contributed by atoms with Crippen LogP contribution in [0, 0.1) is 0 Å². The normalized spacial score (nSPS) is 13.6. The molecule has 0 saturated carbocycles. The number of nitrogens with zero attached hydrogens (tertiary/aromatic N) is 2. The molecule has 0 spiro atoms. The second kappa shape index (κ2) is 6.85. The fourth-order valence-corrected chi connectivity index (χ4v) is 1.68. The minimum Gasteiger partial charge on any atom is -0.409 e. The molecule has 0 bridgehead atoms. The van der Waals surface area contributed by atoms with Gasteiger partial charge in [0.15, 0.2) is 5.84 Å². The molecule has 0 radical (unpaired) electrons. The van der Waals surface area contributed by atoms with Gasteiger partial charge in [0, 0.05) is 18.8 Å². The number of pyridine rings is 1. The van der Waals surface area contributed by atoms with Crippen LogP contribution in [0.4, 0.5) is 0 Å². The van der Waals surface area contributed by atoms with Crippen LogP contribution >= 0.6 is 0 Å². The van der Waals surface area contributed by atoms with Gasteiger partial charge in [0.2, 0.25) is 0 Å². The van der Waals surface area contributed by atoms with E-state index in [9.17, 15) is 0 Å². The molecule has 0 aliphatic rings. The molecule has 0 saturated heterocycles. The smallest absolute Gasteiger partial charge is 0.189 e. The van der Waals surface area contributed by atoms with E-state index < -0.39 is 0 Å². The van der Waals surface area contributed by atoms with Gasteiger partial charge in [-0.2, -0.15) is 0 Å². The summed E-state index contributed by atoms with van der Waals surface area (Å²) in [6, 6.07) is 4.21. The first-order valence-corrected chi connectivity index (χ1v) is 5.84. The second-order valence-electron chi connectivity index (χ2n) is 4.07. The van der Waals surface area contributed by atoms with Crippen LogP contribution in [0.1, 0.15) is 37.9 Å². The molecule has 1 aromatic heterocycles. The summed E-state index contributed by atoms with van der Waals surface area (Å²) in [6.45, 7) is 4.97. The SMILES string of the molecule is CCCC(C)NCc1cccnc1C(N)=NO. The number of nitrogens with two attached hydrogens (primary N) is 1. The van der Waals surface area contributed by atoms with Gasteiger partial charge in [-0.1, -0.05) is 24.6 Å². The summed E-state index contributed by atoms with van der Waals surface area (Å²) in [5, 5.41) is 15.1. The lowest BCUT2D eigenvalue weighted by molar-refractivity contribution is 0.318. The van der Waals surface area contributed by atoms with E-state index in [-0.39, 0.29) is 5.84 Å². The monoisotopic (exact) mass is 236 g/mol. The molecule has 0 aliphatic heterocycles. The van der Waals surface area contributed by atoms with Gasteiger partial charge in [-0.05, 0) is 25.0 Å². The predicted octanol–water partition coefficient (Wildman–Crippen LogP) is 1.45. The van der Waals surface area contributed by atoms with Crippen molar-refractivity contribution in [1.29, 1.82) is 0 Å². The Labute approximate surface area is 102 Å². The number of aromatic nitrogens is 1. The Bertz CT molecular complexity index is 379. The van der Waals surface area contributed by atoms with Gasteiger partial charge >= 0.3 is 0 Å². The number of hydrogen-bond donors (Lipinski definition) is 3. The third kappa shape index (κ3) is 4.03. The van der Waals surface area contributed by atoms with E-state index in [1.54, 1.807) is 6.20 Å². The number of amidine groups is 1. The van der Waals surface area contributed by atoms with Crippen LogP contribution in [0.15, 0.2) is 23.5 Å². The van der Waals surface area contributed by atoms with Gasteiger partial charge in [0.1, 0.15) is 5.69 Å². The topological polar surface area (TPSA) is 83.5 Å². The lowest BCUT2D eigenvalue weighted by Gasteiger charge is -2.14. The van der Waals surface area contributed by atoms with Gasteiger partial charge < -0.3 is 16.3 Å². The van der Waals surface area contributed by atoms with Gasteiger partial charge in [-0.3, -0.25) is 4.98 Å². The van der Waals surface area contributed by atoms with Crippen LogP contribution in [0.25, 0.3) is 0 Å². The minimum atomic E-state index is 0.0468. The molecular formula is C12H20N4O. The first-order valence-electron chi connectivity index (χ1n) is 5.84. The van der Waals surface area contributed by atoms with Crippen LogP contribution in [-0.2, 0) is 6.54 Å². The lowest BCUT2D eigenvalue weighted by Crippen LogP contribution is -2.27. The average molecular weight is 236 g/mol. The van der Waals surface area contributed by atoms with E-state index in [4.69, 9.17) is 10.9 Å². The van der Waals surface area contributed by atoms with E-state index in [1.807, 2.05) is 12.1 Å². The highest BCUT2D eigenvalue weighted by Crippen LogP contribution is 2.06. The highest BCUT2D eigenvalue weighted by molar-refractivity contribution is 5.96. The summed E-state index contributed by atoms with van der Waals surface area (Å²) in [7, 11) is 0. The Morgan fingerprint density at radius 3 is 3.06 bits per heavy atom. The van der Waals surface area contributed by atoms with E-state index >= 15 is 0 Å². The van der Waals surface area contributed by atoms with Crippen LogP contribution in [-0.4, -0.2) is 22.1 Å². The van der Waals surface area contributed by atoms with Gasteiger partial charge in [-0.25, -0.2) is 0 Å². The molecule has 0 fully saturated rings. The molecule has 1 atom stereocenters. The summed E-state index contributed by atoms with van der Waals surface area (Å²) in [5.74, 6) is 0.0468. The molecule has 1 aromatic rings. The van der Waals surface area contributed by atoms with Gasteiger partial charge in [0.05, 0.1) is 0 Å². The fraction of sp³-hybridized carbons (Fsp3) is 0.500. The molecule has 0 amide bonds. The molecule has 4 N–H and O–H groups in total. The highest BCUT2D eigenvalue weighted by atomic mass is 16.4. The van der Waals surface area contributed by atoms with Crippen molar-refractivity contribution in [2.75, 3.05) is 0 Å². The molecule has 1 rings (SSSR count). The van der Waals surface area contributed by atoms with Gasteiger partial charge in [-0.15, -0.1) is 0 Å².